The third-order valence-corrected chi connectivity index (χ3v) is 2.91. The van der Waals surface area contributed by atoms with Crippen LogP contribution < -0.4 is 0 Å². The molecule has 0 aromatic heterocycles. The summed E-state index contributed by atoms with van der Waals surface area (Å²) in [4.78, 5) is 13.4. The third kappa shape index (κ3) is 4.59. The monoisotopic (exact) mass is 255 g/mol. The first-order valence-corrected chi connectivity index (χ1v) is 6.37. The Morgan fingerprint density at radius 2 is 2.00 bits per heavy atom. The summed E-state index contributed by atoms with van der Waals surface area (Å²) in [6.45, 7) is 10.1. The van der Waals surface area contributed by atoms with Crippen LogP contribution >= 0.6 is 0 Å². The molecule has 0 spiro atoms. The molecular weight excluding hydrogens is 234 g/mol. The van der Waals surface area contributed by atoms with E-state index in [9.17, 15) is 4.79 Å². The maximum atomic E-state index is 11.7. The number of allylic oxidation sites excluding steroid dienone is 4. The average molecular weight is 255 g/mol. The van der Waals surface area contributed by atoms with E-state index in [1.165, 1.54) is 5.56 Å². The van der Waals surface area contributed by atoms with E-state index >= 15 is 0 Å². The number of carbonyl (C=O) groups is 1. The Hall–Kier alpha value is -2.09. The van der Waals surface area contributed by atoms with Crippen LogP contribution in [0.2, 0.25) is 0 Å². The van der Waals surface area contributed by atoms with Gasteiger partial charge in [0.1, 0.15) is 0 Å². The largest absolute Gasteiger partial charge is 0.309 e. The van der Waals surface area contributed by atoms with Gasteiger partial charge in [0, 0.05) is 12.6 Å². The van der Waals surface area contributed by atoms with Crippen molar-refractivity contribution in [3.8, 4) is 0 Å². The van der Waals surface area contributed by atoms with Crippen LogP contribution in [-0.2, 0) is 11.3 Å². The van der Waals surface area contributed by atoms with Gasteiger partial charge in [-0.05, 0) is 31.1 Å². The highest BCUT2D eigenvalue weighted by Crippen LogP contribution is 2.14. The molecule has 0 fully saturated rings. The molecular formula is C17H21NO. The number of amides is 1. The number of carbonyl (C=O) groups excluding carboxylic acids is 1. The van der Waals surface area contributed by atoms with Gasteiger partial charge in [-0.1, -0.05) is 49.1 Å². The lowest BCUT2D eigenvalue weighted by molar-refractivity contribution is -0.127. The Kier molecular flexibility index (Phi) is 5.80. The van der Waals surface area contributed by atoms with Crippen LogP contribution in [0.25, 0.3) is 0 Å². The number of rotatable bonds is 5. The van der Waals surface area contributed by atoms with Crippen LogP contribution in [0.5, 0.6) is 0 Å². The maximum Gasteiger partial charge on any atom is 0.224 e. The molecule has 0 saturated carbocycles. The Bertz CT molecular complexity index is 512. The molecule has 2 nitrogen and oxygen atoms in total. The van der Waals surface area contributed by atoms with Crippen LogP contribution in [0.1, 0.15) is 25.0 Å². The number of benzene rings is 1. The Labute approximate surface area is 115 Å². The molecule has 0 saturated heterocycles. The molecule has 1 aromatic carbocycles. The first-order chi connectivity index (χ1) is 9.06. The fourth-order valence-corrected chi connectivity index (χ4v) is 1.74. The van der Waals surface area contributed by atoms with E-state index in [-0.39, 0.29) is 5.91 Å². The van der Waals surface area contributed by atoms with E-state index in [0.29, 0.717) is 12.2 Å². The molecule has 19 heavy (non-hydrogen) atoms. The zero-order valence-corrected chi connectivity index (χ0v) is 11.9. The van der Waals surface area contributed by atoms with Crippen molar-refractivity contribution in [1.29, 1.82) is 0 Å². The molecule has 0 N–H and O–H groups in total. The van der Waals surface area contributed by atoms with Gasteiger partial charge in [-0.15, -0.1) is 0 Å². The van der Waals surface area contributed by atoms with Gasteiger partial charge in [0.2, 0.25) is 5.91 Å². The van der Waals surface area contributed by atoms with Crippen LogP contribution in [0.15, 0.2) is 60.8 Å². The zero-order valence-electron chi connectivity index (χ0n) is 11.9. The van der Waals surface area contributed by atoms with Gasteiger partial charge in [0.05, 0.1) is 6.54 Å². The molecule has 0 radical (unpaired) electrons. The van der Waals surface area contributed by atoms with E-state index in [0.717, 1.165) is 5.56 Å². The van der Waals surface area contributed by atoms with Gasteiger partial charge in [-0.3, -0.25) is 4.79 Å². The van der Waals surface area contributed by atoms with Gasteiger partial charge in [0.25, 0.3) is 0 Å². The van der Waals surface area contributed by atoms with E-state index in [2.05, 4.69) is 6.58 Å². The summed E-state index contributed by atoms with van der Waals surface area (Å²) in [6.07, 6.45) is 7.58. The SMILES string of the molecule is C=C(/C=C\C=C/C)N(Cc1ccccc1C)C(C)=O. The second-order valence-corrected chi connectivity index (χ2v) is 4.41. The summed E-state index contributed by atoms with van der Waals surface area (Å²) in [5, 5.41) is 0. The molecule has 0 aliphatic rings. The highest BCUT2D eigenvalue weighted by Gasteiger charge is 2.12. The minimum absolute atomic E-state index is 0.00150. The van der Waals surface area contributed by atoms with Crippen molar-refractivity contribution in [1.82, 2.24) is 4.90 Å². The number of hydrogen-bond donors (Lipinski definition) is 0. The van der Waals surface area contributed by atoms with Crippen LogP contribution in [0.4, 0.5) is 0 Å². The Morgan fingerprint density at radius 3 is 2.58 bits per heavy atom. The lowest BCUT2D eigenvalue weighted by atomic mass is 10.1. The summed E-state index contributed by atoms with van der Waals surface area (Å²) in [7, 11) is 0. The third-order valence-electron chi connectivity index (χ3n) is 2.91. The van der Waals surface area contributed by atoms with Crippen molar-refractivity contribution < 1.29 is 4.79 Å². The van der Waals surface area contributed by atoms with Crippen molar-refractivity contribution in [3.63, 3.8) is 0 Å². The topological polar surface area (TPSA) is 20.3 Å². The van der Waals surface area contributed by atoms with Gasteiger partial charge >= 0.3 is 0 Å². The van der Waals surface area contributed by atoms with E-state index in [1.807, 2.05) is 62.4 Å². The fourth-order valence-electron chi connectivity index (χ4n) is 1.74. The lowest BCUT2D eigenvalue weighted by Gasteiger charge is -2.22. The van der Waals surface area contributed by atoms with Gasteiger partial charge in [-0.25, -0.2) is 0 Å². The molecule has 1 amide bonds. The number of nitrogens with zero attached hydrogens (tertiary/aromatic N) is 1. The zero-order chi connectivity index (χ0) is 14.3. The number of aryl methyl sites for hydroxylation is 1. The summed E-state index contributed by atoms with van der Waals surface area (Å²) >= 11 is 0. The van der Waals surface area contributed by atoms with Crippen LogP contribution in [0.3, 0.4) is 0 Å². The molecule has 2 heteroatoms. The summed E-state index contributed by atoms with van der Waals surface area (Å²) in [5.41, 5.74) is 3.02. The minimum Gasteiger partial charge on any atom is -0.309 e. The smallest absolute Gasteiger partial charge is 0.224 e. The predicted octanol–water partition coefficient (Wildman–Crippen LogP) is 3.99. The molecule has 0 aliphatic carbocycles. The molecule has 0 unspecified atom stereocenters. The Balaban J connectivity index is 2.88. The quantitative estimate of drug-likeness (QED) is 0.728. The van der Waals surface area contributed by atoms with Crippen molar-refractivity contribution >= 4 is 5.91 Å². The van der Waals surface area contributed by atoms with Crippen LogP contribution in [-0.4, -0.2) is 10.8 Å². The van der Waals surface area contributed by atoms with Crippen molar-refractivity contribution in [2.45, 2.75) is 27.3 Å². The first kappa shape index (κ1) is 15.0. The molecule has 0 bridgehead atoms. The van der Waals surface area contributed by atoms with E-state index < -0.39 is 0 Å². The predicted molar refractivity (Wildman–Crippen MR) is 80.5 cm³/mol. The first-order valence-electron chi connectivity index (χ1n) is 6.37. The summed E-state index contributed by atoms with van der Waals surface area (Å²) in [6, 6.07) is 8.07. The van der Waals surface area contributed by atoms with Gasteiger partial charge in [-0.2, -0.15) is 0 Å². The maximum absolute atomic E-state index is 11.7. The number of hydrogen-bond acceptors (Lipinski definition) is 1. The summed E-state index contributed by atoms with van der Waals surface area (Å²) in [5.74, 6) is -0.00150. The highest BCUT2D eigenvalue weighted by molar-refractivity contribution is 5.75. The van der Waals surface area contributed by atoms with E-state index in [1.54, 1.807) is 11.8 Å². The molecule has 1 rings (SSSR count). The molecule has 100 valence electrons. The second kappa shape index (κ2) is 7.37. The van der Waals surface area contributed by atoms with Gasteiger partial charge < -0.3 is 4.90 Å². The van der Waals surface area contributed by atoms with Gasteiger partial charge in [0.15, 0.2) is 0 Å². The second-order valence-electron chi connectivity index (χ2n) is 4.41. The Morgan fingerprint density at radius 1 is 1.32 bits per heavy atom. The normalized spacial score (nSPS) is 11.1. The molecule has 0 atom stereocenters. The molecule has 0 aliphatic heterocycles. The van der Waals surface area contributed by atoms with Crippen molar-refractivity contribution in [3.05, 3.63) is 72.0 Å². The molecule has 0 heterocycles. The minimum atomic E-state index is -0.00150. The standard InChI is InChI=1S/C17H21NO/c1-5-6-7-11-15(3)18(16(4)19)13-17-12-9-8-10-14(17)2/h5-12H,3,13H2,1-2,4H3/b6-5-,11-7-. The fraction of sp³-hybridized carbons (Fsp3) is 0.235. The highest BCUT2D eigenvalue weighted by atomic mass is 16.2. The van der Waals surface area contributed by atoms with E-state index in [4.69, 9.17) is 0 Å². The summed E-state index contributed by atoms with van der Waals surface area (Å²) < 4.78 is 0. The van der Waals surface area contributed by atoms with Crippen molar-refractivity contribution in [2.24, 2.45) is 0 Å². The van der Waals surface area contributed by atoms with Crippen molar-refractivity contribution in [2.75, 3.05) is 0 Å². The average Bonchev–Trinajstić information content (AvgIpc) is 2.37. The lowest BCUT2D eigenvalue weighted by Crippen LogP contribution is -2.26. The van der Waals surface area contributed by atoms with Crippen LogP contribution in [0, 0.1) is 6.92 Å². The molecule has 1 aromatic rings.